The lowest BCUT2D eigenvalue weighted by Gasteiger charge is -2.35. The molecule has 2 fully saturated rings. The quantitative estimate of drug-likeness (QED) is 0.903. The van der Waals surface area contributed by atoms with Gasteiger partial charge in [0.1, 0.15) is 5.82 Å². The van der Waals surface area contributed by atoms with E-state index in [0.717, 1.165) is 25.5 Å². The number of amides is 2. The maximum atomic E-state index is 13.1. The molecule has 2 aliphatic rings. The highest BCUT2D eigenvalue weighted by Gasteiger charge is 2.27. The van der Waals surface area contributed by atoms with Gasteiger partial charge in [0, 0.05) is 38.6 Å². The highest BCUT2D eigenvalue weighted by Crippen LogP contribution is 2.20. The molecule has 1 aromatic carbocycles. The number of hydrogen-bond acceptors (Lipinski definition) is 3. The van der Waals surface area contributed by atoms with Gasteiger partial charge in [-0.15, -0.1) is 0 Å². The second-order valence-corrected chi connectivity index (χ2v) is 6.70. The Morgan fingerprint density at radius 2 is 1.92 bits per heavy atom. The van der Waals surface area contributed by atoms with Crippen LogP contribution in [-0.2, 0) is 4.79 Å². The van der Waals surface area contributed by atoms with Gasteiger partial charge in [-0.25, -0.2) is 4.39 Å². The van der Waals surface area contributed by atoms with Crippen LogP contribution in [0.4, 0.5) is 4.39 Å². The summed E-state index contributed by atoms with van der Waals surface area (Å²) in [6.07, 6.45) is 2.70. The Hall–Kier alpha value is -1.66. The second-order valence-electron chi connectivity index (χ2n) is 6.29. The van der Waals surface area contributed by atoms with Gasteiger partial charge in [-0.3, -0.25) is 9.59 Å². The lowest BCUT2D eigenvalue weighted by atomic mass is 10.1. The molecule has 0 radical (unpaired) electrons. The number of halogens is 2. The van der Waals surface area contributed by atoms with E-state index < -0.39 is 5.82 Å². The van der Waals surface area contributed by atoms with Crippen LogP contribution in [0.1, 0.15) is 29.6 Å². The summed E-state index contributed by atoms with van der Waals surface area (Å²) in [5, 5.41) is 3.45. The minimum absolute atomic E-state index is 0.116. The molecule has 0 bridgehead atoms. The molecule has 1 N–H and O–H groups in total. The molecule has 2 amide bonds. The average molecular weight is 354 g/mol. The molecule has 7 heteroatoms. The molecule has 0 spiro atoms. The van der Waals surface area contributed by atoms with Crippen molar-refractivity contribution in [2.75, 3.05) is 32.7 Å². The first-order valence-corrected chi connectivity index (χ1v) is 8.68. The van der Waals surface area contributed by atoms with Crippen LogP contribution in [-0.4, -0.2) is 60.4 Å². The largest absolute Gasteiger partial charge is 0.339 e. The number of nitrogens with one attached hydrogen (secondary N) is 1. The summed E-state index contributed by atoms with van der Waals surface area (Å²) in [4.78, 5) is 28.3. The topological polar surface area (TPSA) is 52.7 Å². The lowest BCUT2D eigenvalue weighted by Crippen LogP contribution is -2.51. The van der Waals surface area contributed by atoms with E-state index in [-0.39, 0.29) is 22.9 Å². The van der Waals surface area contributed by atoms with Crippen LogP contribution in [0.5, 0.6) is 0 Å². The van der Waals surface area contributed by atoms with Gasteiger partial charge < -0.3 is 15.1 Å². The summed E-state index contributed by atoms with van der Waals surface area (Å²) in [5.74, 6) is -0.543. The van der Waals surface area contributed by atoms with E-state index in [1.165, 1.54) is 12.1 Å². The van der Waals surface area contributed by atoms with E-state index in [9.17, 15) is 14.0 Å². The van der Waals surface area contributed by atoms with Crippen molar-refractivity contribution < 1.29 is 14.0 Å². The molecule has 3 rings (SSSR count). The van der Waals surface area contributed by atoms with Crippen LogP contribution in [0.15, 0.2) is 18.2 Å². The van der Waals surface area contributed by atoms with Gasteiger partial charge in [-0.1, -0.05) is 11.6 Å². The molecule has 2 heterocycles. The fourth-order valence-electron chi connectivity index (χ4n) is 3.26. The molecule has 24 heavy (non-hydrogen) atoms. The smallest absolute Gasteiger partial charge is 0.255 e. The van der Waals surface area contributed by atoms with Gasteiger partial charge in [0.15, 0.2) is 0 Å². The molecule has 130 valence electrons. The Morgan fingerprint density at radius 1 is 1.21 bits per heavy atom. The van der Waals surface area contributed by atoms with Crippen molar-refractivity contribution in [3.63, 3.8) is 0 Å². The van der Waals surface area contributed by atoms with Crippen molar-refractivity contribution in [2.45, 2.75) is 25.3 Å². The Kier molecular flexibility index (Phi) is 5.36. The van der Waals surface area contributed by atoms with Crippen LogP contribution in [0.25, 0.3) is 0 Å². The van der Waals surface area contributed by atoms with Gasteiger partial charge in [0.05, 0.1) is 10.6 Å². The number of benzene rings is 1. The fraction of sp³-hybridized carbons (Fsp3) is 0.529. The van der Waals surface area contributed by atoms with Crippen LogP contribution < -0.4 is 5.32 Å². The van der Waals surface area contributed by atoms with Gasteiger partial charge in [-0.2, -0.15) is 0 Å². The summed E-state index contributed by atoms with van der Waals surface area (Å²) in [6.45, 7) is 2.97. The zero-order valence-electron chi connectivity index (χ0n) is 13.4. The number of carbonyl (C=O) groups is 2. The maximum absolute atomic E-state index is 13.1. The highest BCUT2D eigenvalue weighted by atomic mass is 35.5. The fourth-order valence-corrected chi connectivity index (χ4v) is 3.51. The highest BCUT2D eigenvalue weighted by molar-refractivity contribution is 6.33. The van der Waals surface area contributed by atoms with Gasteiger partial charge >= 0.3 is 0 Å². The molecule has 1 atom stereocenters. The minimum atomic E-state index is -0.465. The molecule has 1 unspecified atom stereocenters. The first-order valence-electron chi connectivity index (χ1n) is 8.30. The van der Waals surface area contributed by atoms with Crippen molar-refractivity contribution in [3.05, 3.63) is 34.6 Å². The molecule has 2 saturated heterocycles. The summed E-state index contributed by atoms with van der Waals surface area (Å²) >= 11 is 5.96. The summed E-state index contributed by atoms with van der Waals surface area (Å²) in [7, 11) is 0. The lowest BCUT2D eigenvalue weighted by molar-refractivity contribution is -0.133. The van der Waals surface area contributed by atoms with Gasteiger partial charge in [0.2, 0.25) is 5.91 Å². The SMILES string of the molecule is O=C(CC1CCCN1)N1CCN(C(=O)c2ccc(F)cc2Cl)CC1. The Morgan fingerprint density at radius 3 is 2.54 bits per heavy atom. The van der Waals surface area contributed by atoms with Gasteiger partial charge in [0.25, 0.3) is 5.91 Å². The third-order valence-electron chi connectivity index (χ3n) is 4.66. The van der Waals surface area contributed by atoms with E-state index in [0.29, 0.717) is 38.2 Å². The molecular formula is C17H21ClFN3O2. The van der Waals surface area contributed by atoms with Crippen molar-refractivity contribution >= 4 is 23.4 Å². The predicted octanol–water partition coefficient (Wildman–Crippen LogP) is 1.91. The van der Waals surface area contributed by atoms with Crippen molar-refractivity contribution in [1.82, 2.24) is 15.1 Å². The third kappa shape index (κ3) is 3.87. The molecule has 1 aromatic rings. The molecule has 0 saturated carbocycles. The minimum Gasteiger partial charge on any atom is -0.339 e. The predicted molar refractivity (Wildman–Crippen MR) is 89.5 cm³/mol. The number of nitrogens with zero attached hydrogens (tertiary/aromatic N) is 2. The van der Waals surface area contributed by atoms with E-state index in [1.54, 1.807) is 4.90 Å². The van der Waals surface area contributed by atoms with Crippen molar-refractivity contribution in [1.29, 1.82) is 0 Å². The van der Waals surface area contributed by atoms with Crippen LogP contribution in [0.2, 0.25) is 5.02 Å². The number of carbonyl (C=O) groups excluding carboxylic acids is 2. The Balaban J connectivity index is 1.54. The van der Waals surface area contributed by atoms with Crippen LogP contribution in [0, 0.1) is 5.82 Å². The van der Waals surface area contributed by atoms with Crippen LogP contribution in [0.3, 0.4) is 0 Å². The summed E-state index contributed by atoms with van der Waals surface area (Å²) < 4.78 is 13.1. The molecule has 5 nitrogen and oxygen atoms in total. The maximum Gasteiger partial charge on any atom is 0.255 e. The number of rotatable bonds is 3. The van der Waals surface area contributed by atoms with E-state index >= 15 is 0 Å². The second kappa shape index (κ2) is 7.49. The van der Waals surface area contributed by atoms with Crippen molar-refractivity contribution in [3.8, 4) is 0 Å². The van der Waals surface area contributed by atoms with E-state index in [2.05, 4.69) is 5.32 Å². The number of hydrogen-bond donors (Lipinski definition) is 1. The Labute approximate surface area is 145 Å². The standard InChI is InChI=1S/C17H21ClFN3O2/c18-15-10-12(19)3-4-14(15)17(24)22-8-6-21(7-9-22)16(23)11-13-2-1-5-20-13/h3-4,10,13,20H,1-2,5-9,11H2. The molecular weight excluding hydrogens is 333 g/mol. The monoisotopic (exact) mass is 353 g/mol. The van der Waals surface area contributed by atoms with Gasteiger partial charge in [-0.05, 0) is 37.6 Å². The van der Waals surface area contributed by atoms with E-state index in [1.807, 2.05) is 4.90 Å². The molecule has 0 aliphatic carbocycles. The summed E-state index contributed by atoms with van der Waals surface area (Å²) in [5.41, 5.74) is 0.299. The summed E-state index contributed by atoms with van der Waals surface area (Å²) in [6, 6.07) is 4.06. The Bertz CT molecular complexity index is 626. The van der Waals surface area contributed by atoms with Crippen LogP contribution >= 0.6 is 11.6 Å². The normalized spacial score (nSPS) is 21.2. The molecule has 0 aromatic heterocycles. The zero-order valence-corrected chi connectivity index (χ0v) is 14.2. The van der Waals surface area contributed by atoms with E-state index in [4.69, 9.17) is 11.6 Å². The third-order valence-corrected chi connectivity index (χ3v) is 4.98. The average Bonchev–Trinajstić information content (AvgIpc) is 3.07. The zero-order chi connectivity index (χ0) is 17.1. The van der Waals surface area contributed by atoms with Crippen molar-refractivity contribution in [2.24, 2.45) is 0 Å². The number of piperazine rings is 1. The first-order chi connectivity index (χ1) is 11.5. The molecule has 2 aliphatic heterocycles. The first kappa shape index (κ1) is 17.2.